The highest BCUT2D eigenvalue weighted by atomic mass is 19.1. The maximum absolute atomic E-state index is 13.5. The zero-order valence-electron chi connectivity index (χ0n) is 11.8. The minimum atomic E-state index is -0.359. The molecule has 1 atom stereocenters. The second-order valence-corrected chi connectivity index (χ2v) is 5.49. The van der Waals surface area contributed by atoms with Crippen molar-refractivity contribution in [1.29, 1.82) is 0 Å². The van der Waals surface area contributed by atoms with Crippen LogP contribution in [0.15, 0.2) is 36.4 Å². The number of rotatable bonds is 2. The number of carbonyl (C=O) groups is 1. The third-order valence-corrected chi connectivity index (χ3v) is 3.98. The molecule has 2 aromatic rings. The molecule has 4 heteroatoms. The van der Waals surface area contributed by atoms with Gasteiger partial charge in [0.15, 0.2) is 0 Å². The minimum absolute atomic E-state index is 0.0301. The van der Waals surface area contributed by atoms with E-state index in [0.717, 1.165) is 24.1 Å². The molecule has 3 rings (SSSR count). The fourth-order valence-electron chi connectivity index (χ4n) is 2.76. The zero-order chi connectivity index (χ0) is 15.0. The predicted molar refractivity (Wildman–Crippen MR) is 80.5 cm³/mol. The first kappa shape index (κ1) is 13.6. The molecule has 0 aliphatic heterocycles. The Morgan fingerprint density at radius 2 is 2.10 bits per heavy atom. The lowest BCUT2D eigenvalue weighted by Gasteiger charge is -2.14. The second-order valence-electron chi connectivity index (χ2n) is 5.49. The van der Waals surface area contributed by atoms with Crippen molar-refractivity contribution < 1.29 is 9.18 Å². The van der Waals surface area contributed by atoms with Gasteiger partial charge in [0.1, 0.15) is 5.82 Å². The van der Waals surface area contributed by atoms with E-state index in [9.17, 15) is 9.18 Å². The lowest BCUT2D eigenvalue weighted by molar-refractivity contribution is 0.0936. The smallest absolute Gasteiger partial charge is 0.251 e. The van der Waals surface area contributed by atoms with Gasteiger partial charge in [-0.05, 0) is 60.7 Å². The molecule has 0 aromatic heterocycles. The van der Waals surface area contributed by atoms with Crippen LogP contribution in [0.3, 0.4) is 0 Å². The predicted octanol–water partition coefficient (Wildman–Crippen LogP) is 3.13. The van der Waals surface area contributed by atoms with Crippen LogP contribution in [0, 0.1) is 12.7 Å². The number of nitrogens with one attached hydrogen (secondary N) is 1. The van der Waals surface area contributed by atoms with E-state index in [4.69, 9.17) is 5.73 Å². The van der Waals surface area contributed by atoms with E-state index in [1.54, 1.807) is 19.1 Å². The van der Waals surface area contributed by atoms with Crippen molar-refractivity contribution in [2.24, 2.45) is 0 Å². The maximum atomic E-state index is 13.5. The molecule has 21 heavy (non-hydrogen) atoms. The molecule has 0 bridgehead atoms. The quantitative estimate of drug-likeness (QED) is 0.832. The van der Waals surface area contributed by atoms with Crippen LogP contribution in [-0.2, 0) is 6.42 Å². The minimum Gasteiger partial charge on any atom is -0.399 e. The van der Waals surface area contributed by atoms with E-state index in [0.29, 0.717) is 11.1 Å². The van der Waals surface area contributed by atoms with E-state index in [2.05, 4.69) is 5.32 Å². The molecule has 0 spiro atoms. The van der Waals surface area contributed by atoms with Gasteiger partial charge in [0, 0.05) is 11.3 Å². The van der Waals surface area contributed by atoms with E-state index in [-0.39, 0.29) is 17.8 Å². The molecule has 108 valence electrons. The topological polar surface area (TPSA) is 55.1 Å². The summed E-state index contributed by atoms with van der Waals surface area (Å²) in [5, 5.41) is 2.97. The first-order chi connectivity index (χ1) is 10.0. The Morgan fingerprint density at radius 1 is 1.29 bits per heavy atom. The SMILES string of the molecule is Cc1ccc(C(=O)NC2CCc3cc(N)ccc32)cc1F. The number of hydrogen-bond donors (Lipinski definition) is 2. The Balaban J connectivity index is 1.79. The third kappa shape index (κ3) is 2.61. The van der Waals surface area contributed by atoms with E-state index >= 15 is 0 Å². The fourth-order valence-corrected chi connectivity index (χ4v) is 2.76. The highest BCUT2D eigenvalue weighted by molar-refractivity contribution is 5.94. The molecule has 0 saturated heterocycles. The first-order valence-electron chi connectivity index (χ1n) is 7.00. The molecular weight excluding hydrogens is 267 g/mol. The van der Waals surface area contributed by atoms with Crippen LogP contribution in [0.25, 0.3) is 0 Å². The molecule has 0 radical (unpaired) electrons. The Labute approximate surface area is 123 Å². The van der Waals surface area contributed by atoms with Gasteiger partial charge in [0.25, 0.3) is 5.91 Å². The molecule has 0 heterocycles. The van der Waals surface area contributed by atoms with Crippen molar-refractivity contribution in [1.82, 2.24) is 5.32 Å². The summed E-state index contributed by atoms with van der Waals surface area (Å²) >= 11 is 0. The number of nitrogen functional groups attached to an aromatic ring is 1. The summed E-state index contributed by atoms with van der Waals surface area (Å²) in [7, 11) is 0. The van der Waals surface area contributed by atoms with Gasteiger partial charge in [-0.3, -0.25) is 4.79 Å². The monoisotopic (exact) mass is 284 g/mol. The van der Waals surface area contributed by atoms with Gasteiger partial charge >= 0.3 is 0 Å². The summed E-state index contributed by atoms with van der Waals surface area (Å²) < 4.78 is 13.5. The highest BCUT2D eigenvalue weighted by Gasteiger charge is 2.24. The highest BCUT2D eigenvalue weighted by Crippen LogP contribution is 2.32. The number of benzene rings is 2. The number of halogens is 1. The summed E-state index contributed by atoms with van der Waals surface area (Å²) in [6.07, 6.45) is 1.74. The van der Waals surface area contributed by atoms with Crippen molar-refractivity contribution in [3.05, 3.63) is 64.5 Å². The van der Waals surface area contributed by atoms with Crippen LogP contribution in [0.2, 0.25) is 0 Å². The van der Waals surface area contributed by atoms with Crippen molar-refractivity contribution in [2.75, 3.05) is 5.73 Å². The van der Waals surface area contributed by atoms with Crippen molar-refractivity contribution >= 4 is 11.6 Å². The second kappa shape index (κ2) is 5.20. The molecular formula is C17H17FN2O. The summed E-state index contributed by atoms with van der Waals surface area (Å²) in [6, 6.07) is 10.3. The largest absolute Gasteiger partial charge is 0.399 e. The number of amides is 1. The van der Waals surface area contributed by atoms with Crippen LogP contribution in [0.4, 0.5) is 10.1 Å². The molecule has 0 fully saturated rings. The number of aryl methyl sites for hydroxylation is 2. The number of nitrogens with two attached hydrogens (primary N) is 1. The van der Waals surface area contributed by atoms with Crippen LogP contribution in [0.1, 0.15) is 39.5 Å². The van der Waals surface area contributed by atoms with Crippen LogP contribution in [0.5, 0.6) is 0 Å². The Bertz CT molecular complexity index is 712. The molecule has 1 amide bonds. The maximum Gasteiger partial charge on any atom is 0.251 e. The van der Waals surface area contributed by atoms with Crippen molar-refractivity contribution in [3.8, 4) is 0 Å². The molecule has 3 nitrogen and oxygen atoms in total. The molecule has 0 saturated carbocycles. The van der Waals surface area contributed by atoms with Crippen LogP contribution >= 0.6 is 0 Å². The average molecular weight is 284 g/mol. The normalized spacial score (nSPS) is 16.6. The Morgan fingerprint density at radius 3 is 2.86 bits per heavy atom. The Kier molecular flexibility index (Phi) is 3.37. The van der Waals surface area contributed by atoms with Gasteiger partial charge in [-0.2, -0.15) is 0 Å². The van der Waals surface area contributed by atoms with E-state index < -0.39 is 0 Å². The summed E-state index contributed by atoms with van der Waals surface area (Å²) in [5.74, 6) is -0.606. The molecule has 1 unspecified atom stereocenters. The van der Waals surface area contributed by atoms with E-state index in [1.165, 1.54) is 11.6 Å². The Hall–Kier alpha value is -2.36. The van der Waals surface area contributed by atoms with Crippen molar-refractivity contribution in [2.45, 2.75) is 25.8 Å². The lowest BCUT2D eigenvalue weighted by Crippen LogP contribution is -2.27. The summed E-state index contributed by atoms with van der Waals surface area (Å²) in [4.78, 5) is 12.2. The first-order valence-corrected chi connectivity index (χ1v) is 7.00. The molecule has 1 aliphatic rings. The third-order valence-electron chi connectivity index (χ3n) is 3.98. The van der Waals surface area contributed by atoms with Gasteiger partial charge in [-0.15, -0.1) is 0 Å². The summed E-state index contributed by atoms with van der Waals surface area (Å²) in [6.45, 7) is 1.68. The number of fused-ring (bicyclic) bond motifs is 1. The van der Waals surface area contributed by atoms with Gasteiger partial charge in [-0.25, -0.2) is 4.39 Å². The molecule has 1 aliphatic carbocycles. The lowest BCUT2D eigenvalue weighted by atomic mass is 10.1. The molecule has 2 aromatic carbocycles. The average Bonchev–Trinajstić information content (AvgIpc) is 2.84. The standard InChI is InChI=1S/C17H17FN2O/c1-10-2-3-12(9-15(10)18)17(21)20-16-7-4-11-8-13(19)5-6-14(11)16/h2-3,5-6,8-9,16H,4,7,19H2,1H3,(H,20,21). The number of carbonyl (C=O) groups excluding carboxylic acids is 1. The summed E-state index contributed by atoms with van der Waals surface area (Å²) in [5.41, 5.74) is 9.67. The van der Waals surface area contributed by atoms with Crippen LogP contribution in [-0.4, -0.2) is 5.91 Å². The number of hydrogen-bond acceptors (Lipinski definition) is 2. The number of anilines is 1. The fraction of sp³-hybridized carbons (Fsp3) is 0.235. The van der Waals surface area contributed by atoms with Gasteiger partial charge in [0.2, 0.25) is 0 Å². The van der Waals surface area contributed by atoms with Crippen molar-refractivity contribution in [3.63, 3.8) is 0 Å². The van der Waals surface area contributed by atoms with E-state index in [1.807, 2.05) is 18.2 Å². The van der Waals surface area contributed by atoms with Gasteiger partial charge in [0.05, 0.1) is 6.04 Å². The van der Waals surface area contributed by atoms with Gasteiger partial charge < -0.3 is 11.1 Å². The van der Waals surface area contributed by atoms with Crippen LogP contribution < -0.4 is 11.1 Å². The van der Waals surface area contributed by atoms with Gasteiger partial charge in [-0.1, -0.05) is 12.1 Å². The molecule has 3 N–H and O–H groups in total. The zero-order valence-corrected chi connectivity index (χ0v) is 11.8.